The van der Waals surface area contributed by atoms with Gasteiger partial charge < -0.3 is 10.2 Å². The van der Waals surface area contributed by atoms with Gasteiger partial charge in [-0.15, -0.1) is 0 Å². The van der Waals surface area contributed by atoms with Crippen molar-refractivity contribution in [2.45, 2.75) is 24.3 Å². The molecule has 0 aromatic heterocycles. The summed E-state index contributed by atoms with van der Waals surface area (Å²) in [5.41, 5.74) is 1.76. The number of benzene rings is 2. The molecule has 1 fully saturated rings. The Morgan fingerprint density at radius 1 is 1.20 bits per heavy atom. The molecule has 1 saturated carbocycles. The Labute approximate surface area is 162 Å². The molecule has 0 radical (unpaired) electrons. The first-order valence-electron chi connectivity index (χ1n) is 8.39. The number of nitrogens with one attached hydrogen (secondary N) is 1. The van der Waals surface area contributed by atoms with Crippen LogP contribution in [0.2, 0.25) is 5.02 Å². The zero-order valence-corrected chi connectivity index (χ0v) is 16.8. The van der Waals surface area contributed by atoms with Crippen LogP contribution < -0.4 is 5.32 Å². The number of hydrogen-bond donors (Lipinski definition) is 1. The van der Waals surface area contributed by atoms with Crippen LogP contribution in [-0.4, -0.2) is 31.4 Å². The number of likely N-dealkylation sites (N-methyl/N-ethyl adjacent to an activating group) is 1. The smallest absolute Gasteiger partial charge is 0.230 e. The van der Waals surface area contributed by atoms with Crippen molar-refractivity contribution in [2.24, 2.45) is 0 Å². The standard InChI is InChI=1S/C20H22BrClN2O/c1-24(2)18(16-5-3-4-6-17(16)22)13-23-19(25)20(11-12-20)14-7-9-15(21)10-8-14/h3-10,18H,11-13H2,1-2H3,(H,23,25). The van der Waals surface area contributed by atoms with Crippen LogP contribution in [0.3, 0.4) is 0 Å². The minimum Gasteiger partial charge on any atom is -0.353 e. The largest absolute Gasteiger partial charge is 0.353 e. The van der Waals surface area contributed by atoms with E-state index in [1.54, 1.807) is 0 Å². The molecule has 0 spiro atoms. The fourth-order valence-electron chi connectivity index (χ4n) is 3.22. The zero-order chi connectivity index (χ0) is 18.0. The van der Waals surface area contributed by atoms with E-state index in [1.807, 2.05) is 62.6 Å². The lowest BCUT2D eigenvalue weighted by Crippen LogP contribution is -2.40. The molecule has 1 N–H and O–H groups in total. The van der Waals surface area contributed by atoms with E-state index in [9.17, 15) is 4.79 Å². The first-order chi connectivity index (χ1) is 11.9. The second-order valence-electron chi connectivity index (χ2n) is 6.80. The predicted octanol–water partition coefficient (Wildman–Crippen LogP) is 4.55. The van der Waals surface area contributed by atoms with Gasteiger partial charge in [-0.25, -0.2) is 0 Å². The normalized spacial score (nSPS) is 16.5. The molecule has 1 amide bonds. The highest BCUT2D eigenvalue weighted by Crippen LogP contribution is 2.48. The van der Waals surface area contributed by atoms with Crippen LogP contribution in [0.5, 0.6) is 0 Å². The molecule has 0 saturated heterocycles. The van der Waals surface area contributed by atoms with Crippen LogP contribution in [0.15, 0.2) is 53.0 Å². The molecule has 3 rings (SSSR count). The van der Waals surface area contributed by atoms with Crippen molar-refractivity contribution in [3.63, 3.8) is 0 Å². The molecule has 1 atom stereocenters. The number of hydrogen-bond acceptors (Lipinski definition) is 2. The summed E-state index contributed by atoms with van der Waals surface area (Å²) in [6, 6.07) is 15.9. The van der Waals surface area contributed by atoms with E-state index in [4.69, 9.17) is 11.6 Å². The summed E-state index contributed by atoms with van der Waals surface area (Å²) in [4.78, 5) is 15.0. The number of amides is 1. The molecule has 3 nitrogen and oxygen atoms in total. The Morgan fingerprint density at radius 3 is 2.40 bits per heavy atom. The van der Waals surface area contributed by atoms with Gasteiger partial charge in [-0.2, -0.15) is 0 Å². The quantitative estimate of drug-likeness (QED) is 0.742. The van der Waals surface area contributed by atoms with Gasteiger partial charge >= 0.3 is 0 Å². The molecule has 1 aliphatic rings. The minimum atomic E-state index is -0.363. The lowest BCUT2D eigenvalue weighted by Gasteiger charge is -2.27. The van der Waals surface area contributed by atoms with E-state index < -0.39 is 0 Å². The molecular weight excluding hydrogens is 400 g/mol. The molecule has 1 unspecified atom stereocenters. The first-order valence-corrected chi connectivity index (χ1v) is 9.56. The number of halogens is 2. The summed E-state index contributed by atoms with van der Waals surface area (Å²) in [6.45, 7) is 0.536. The van der Waals surface area contributed by atoms with Gasteiger partial charge in [-0.3, -0.25) is 4.79 Å². The van der Waals surface area contributed by atoms with Crippen LogP contribution >= 0.6 is 27.5 Å². The number of carbonyl (C=O) groups excluding carboxylic acids is 1. The third-order valence-corrected chi connectivity index (χ3v) is 5.80. The Morgan fingerprint density at radius 2 is 1.84 bits per heavy atom. The van der Waals surface area contributed by atoms with E-state index in [0.29, 0.717) is 6.54 Å². The van der Waals surface area contributed by atoms with Crippen LogP contribution in [0.4, 0.5) is 0 Å². The fraction of sp³-hybridized carbons (Fsp3) is 0.350. The maximum Gasteiger partial charge on any atom is 0.230 e. The lowest BCUT2D eigenvalue weighted by molar-refractivity contribution is -0.123. The van der Waals surface area contributed by atoms with Gasteiger partial charge in [0.15, 0.2) is 0 Å². The number of rotatable bonds is 6. The fourth-order valence-corrected chi connectivity index (χ4v) is 3.74. The Kier molecular flexibility index (Phi) is 5.52. The molecule has 0 aliphatic heterocycles. The second kappa shape index (κ2) is 7.48. The van der Waals surface area contributed by atoms with Crippen LogP contribution in [0.1, 0.15) is 30.0 Å². The van der Waals surface area contributed by atoms with Crippen molar-refractivity contribution in [3.8, 4) is 0 Å². The van der Waals surface area contributed by atoms with E-state index >= 15 is 0 Å². The predicted molar refractivity (Wildman–Crippen MR) is 106 cm³/mol. The first kappa shape index (κ1) is 18.4. The zero-order valence-electron chi connectivity index (χ0n) is 14.4. The SMILES string of the molecule is CN(C)C(CNC(=O)C1(c2ccc(Br)cc2)CC1)c1ccccc1Cl. The van der Waals surface area contributed by atoms with Gasteiger partial charge in [0.05, 0.1) is 11.5 Å². The van der Waals surface area contributed by atoms with Crippen molar-refractivity contribution in [2.75, 3.05) is 20.6 Å². The summed E-state index contributed by atoms with van der Waals surface area (Å²) < 4.78 is 1.03. The molecule has 2 aromatic carbocycles. The highest BCUT2D eigenvalue weighted by Gasteiger charge is 2.51. The highest BCUT2D eigenvalue weighted by atomic mass is 79.9. The molecule has 1 aliphatic carbocycles. The van der Waals surface area contributed by atoms with Crippen molar-refractivity contribution in [3.05, 3.63) is 69.2 Å². The molecule has 0 bridgehead atoms. The summed E-state index contributed by atoms with van der Waals surface area (Å²) >= 11 is 9.80. The van der Waals surface area contributed by atoms with Gasteiger partial charge in [-0.05, 0) is 56.3 Å². The van der Waals surface area contributed by atoms with Crippen LogP contribution in [0, 0.1) is 0 Å². The third-order valence-electron chi connectivity index (χ3n) is 4.92. The topological polar surface area (TPSA) is 32.3 Å². The van der Waals surface area contributed by atoms with E-state index in [0.717, 1.165) is 33.5 Å². The van der Waals surface area contributed by atoms with Crippen molar-refractivity contribution < 1.29 is 4.79 Å². The third kappa shape index (κ3) is 3.91. The van der Waals surface area contributed by atoms with Gasteiger partial charge in [0, 0.05) is 16.0 Å². The van der Waals surface area contributed by atoms with Gasteiger partial charge in [0.25, 0.3) is 0 Å². The summed E-state index contributed by atoms with van der Waals surface area (Å²) in [5, 5.41) is 3.88. The van der Waals surface area contributed by atoms with Gasteiger partial charge in [0.2, 0.25) is 5.91 Å². The molecule has 2 aromatic rings. The molecule has 132 valence electrons. The van der Waals surface area contributed by atoms with E-state index in [-0.39, 0.29) is 17.4 Å². The van der Waals surface area contributed by atoms with Gasteiger partial charge in [0.1, 0.15) is 0 Å². The second-order valence-corrected chi connectivity index (χ2v) is 8.12. The number of nitrogens with zero attached hydrogens (tertiary/aromatic N) is 1. The number of carbonyl (C=O) groups is 1. The van der Waals surface area contributed by atoms with Crippen molar-refractivity contribution in [1.29, 1.82) is 0 Å². The monoisotopic (exact) mass is 420 g/mol. The van der Waals surface area contributed by atoms with Crippen molar-refractivity contribution >= 4 is 33.4 Å². The average Bonchev–Trinajstić information content (AvgIpc) is 3.38. The van der Waals surface area contributed by atoms with E-state index in [1.165, 1.54) is 0 Å². The maximum atomic E-state index is 12.9. The Balaban J connectivity index is 1.72. The summed E-state index contributed by atoms with van der Waals surface area (Å²) in [6.07, 6.45) is 1.80. The molecule has 25 heavy (non-hydrogen) atoms. The Hall–Kier alpha value is -1.36. The minimum absolute atomic E-state index is 0.0402. The van der Waals surface area contributed by atoms with Gasteiger partial charge in [-0.1, -0.05) is 57.9 Å². The maximum absolute atomic E-state index is 12.9. The molecule has 0 heterocycles. The van der Waals surface area contributed by atoms with E-state index in [2.05, 4.69) is 26.1 Å². The molecular formula is C20H22BrClN2O. The lowest BCUT2D eigenvalue weighted by atomic mass is 9.95. The Bertz CT molecular complexity index is 757. The van der Waals surface area contributed by atoms with Crippen LogP contribution in [0.25, 0.3) is 0 Å². The highest BCUT2D eigenvalue weighted by molar-refractivity contribution is 9.10. The van der Waals surface area contributed by atoms with Crippen LogP contribution in [-0.2, 0) is 10.2 Å². The summed E-state index contributed by atoms with van der Waals surface area (Å²) in [5.74, 6) is 0.105. The molecule has 5 heteroatoms. The van der Waals surface area contributed by atoms with Crippen molar-refractivity contribution in [1.82, 2.24) is 10.2 Å². The average molecular weight is 422 g/mol. The summed E-state index contributed by atoms with van der Waals surface area (Å²) in [7, 11) is 4.00.